The first-order valence-electron chi connectivity index (χ1n) is 4.01. The van der Waals surface area contributed by atoms with E-state index < -0.39 is 11.9 Å². The maximum absolute atomic E-state index is 12.4. The van der Waals surface area contributed by atoms with E-state index in [4.69, 9.17) is 0 Å². The molecule has 74 valence electrons. The highest BCUT2D eigenvalue weighted by molar-refractivity contribution is 5.43. The van der Waals surface area contributed by atoms with Crippen molar-refractivity contribution in [2.45, 2.75) is 13.1 Å². The highest BCUT2D eigenvalue weighted by Crippen LogP contribution is 2.31. The van der Waals surface area contributed by atoms with Crippen LogP contribution < -0.4 is 0 Å². The molecule has 2 aromatic rings. The Hall–Kier alpha value is -1.52. The van der Waals surface area contributed by atoms with E-state index in [1.807, 2.05) is 0 Å². The minimum Gasteiger partial charge on any atom is -0.304 e. The first-order chi connectivity index (χ1) is 6.50. The Morgan fingerprint density at radius 3 is 2.57 bits per heavy atom. The number of aryl methyl sites for hydroxylation is 1. The second-order valence-corrected chi connectivity index (χ2v) is 2.97. The Morgan fingerprint density at radius 1 is 1.29 bits per heavy atom. The zero-order valence-electron chi connectivity index (χ0n) is 7.34. The predicted octanol–water partition coefficient (Wildman–Crippen LogP) is 2.66. The fourth-order valence-corrected chi connectivity index (χ4v) is 1.39. The highest BCUT2D eigenvalue weighted by Gasteiger charge is 2.36. The van der Waals surface area contributed by atoms with Crippen molar-refractivity contribution in [2.75, 3.05) is 0 Å². The fourth-order valence-electron chi connectivity index (χ4n) is 1.39. The first-order valence-corrected chi connectivity index (χ1v) is 4.01. The second kappa shape index (κ2) is 2.73. The molecular formula is C9H7F3N2. The van der Waals surface area contributed by atoms with Gasteiger partial charge in [0.25, 0.3) is 0 Å². The van der Waals surface area contributed by atoms with Crippen LogP contribution >= 0.6 is 0 Å². The number of nitrogens with zero attached hydrogens (tertiary/aromatic N) is 2. The first kappa shape index (κ1) is 9.05. The van der Waals surface area contributed by atoms with Crippen molar-refractivity contribution < 1.29 is 13.2 Å². The summed E-state index contributed by atoms with van der Waals surface area (Å²) in [6.45, 7) is 1.41. The number of hydrogen-bond donors (Lipinski definition) is 0. The van der Waals surface area contributed by atoms with Gasteiger partial charge in [0.1, 0.15) is 5.65 Å². The van der Waals surface area contributed by atoms with Crippen molar-refractivity contribution in [2.24, 2.45) is 0 Å². The Kier molecular flexibility index (Phi) is 1.77. The van der Waals surface area contributed by atoms with Crippen molar-refractivity contribution >= 4 is 5.65 Å². The van der Waals surface area contributed by atoms with Crippen LogP contribution in [-0.2, 0) is 6.18 Å². The maximum atomic E-state index is 12.4. The SMILES string of the molecule is Cc1c(C(F)(F)F)nc2ccccn12. The van der Waals surface area contributed by atoms with E-state index in [0.29, 0.717) is 5.65 Å². The van der Waals surface area contributed by atoms with Gasteiger partial charge >= 0.3 is 6.18 Å². The highest BCUT2D eigenvalue weighted by atomic mass is 19.4. The minimum atomic E-state index is -4.38. The van der Waals surface area contributed by atoms with E-state index in [1.165, 1.54) is 11.3 Å². The van der Waals surface area contributed by atoms with Gasteiger partial charge in [-0.05, 0) is 19.1 Å². The standard InChI is InChI=1S/C9H7F3N2/c1-6-8(9(10,11)12)13-7-4-2-3-5-14(6)7/h2-5H,1H3. The van der Waals surface area contributed by atoms with Crippen LogP contribution in [0.2, 0.25) is 0 Å². The van der Waals surface area contributed by atoms with Crippen LogP contribution in [0.1, 0.15) is 11.4 Å². The van der Waals surface area contributed by atoms with Gasteiger partial charge in [0.2, 0.25) is 0 Å². The second-order valence-electron chi connectivity index (χ2n) is 2.97. The fraction of sp³-hybridized carbons (Fsp3) is 0.222. The Bertz CT molecular complexity index is 470. The maximum Gasteiger partial charge on any atom is 0.435 e. The number of imidazole rings is 1. The molecule has 2 aromatic heterocycles. The summed E-state index contributed by atoms with van der Waals surface area (Å²) in [4.78, 5) is 3.52. The van der Waals surface area contributed by atoms with Gasteiger partial charge in [0.15, 0.2) is 5.69 Å². The molecule has 0 fully saturated rings. The lowest BCUT2D eigenvalue weighted by Crippen LogP contribution is -2.07. The average Bonchev–Trinajstić information content (AvgIpc) is 2.44. The van der Waals surface area contributed by atoms with E-state index >= 15 is 0 Å². The molecule has 5 heteroatoms. The summed E-state index contributed by atoms with van der Waals surface area (Å²) in [6, 6.07) is 4.87. The quantitative estimate of drug-likeness (QED) is 0.639. The topological polar surface area (TPSA) is 17.3 Å². The van der Waals surface area contributed by atoms with Crippen LogP contribution in [-0.4, -0.2) is 9.38 Å². The molecule has 0 unspecified atom stereocenters. The molecule has 0 atom stereocenters. The van der Waals surface area contributed by atoms with E-state index in [1.54, 1.807) is 24.4 Å². The summed E-state index contributed by atoms with van der Waals surface area (Å²) >= 11 is 0. The van der Waals surface area contributed by atoms with E-state index in [9.17, 15) is 13.2 Å². The number of aromatic nitrogens is 2. The van der Waals surface area contributed by atoms with Gasteiger partial charge in [0, 0.05) is 6.20 Å². The molecular weight excluding hydrogens is 193 g/mol. The third-order valence-electron chi connectivity index (χ3n) is 2.04. The lowest BCUT2D eigenvalue weighted by atomic mass is 10.3. The van der Waals surface area contributed by atoms with Crippen LogP contribution in [0.25, 0.3) is 5.65 Å². The third kappa shape index (κ3) is 1.25. The molecule has 0 aliphatic rings. The molecule has 0 aliphatic carbocycles. The Morgan fingerprint density at radius 2 is 2.00 bits per heavy atom. The Balaban J connectivity index is 2.75. The number of pyridine rings is 1. The predicted molar refractivity (Wildman–Crippen MR) is 44.9 cm³/mol. The zero-order chi connectivity index (χ0) is 10.3. The molecule has 0 bridgehead atoms. The molecule has 0 amide bonds. The van der Waals surface area contributed by atoms with E-state index in [2.05, 4.69) is 4.98 Å². The molecule has 0 radical (unpaired) electrons. The monoisotopic (exact) mass is 200 g/mol. The van der Waals surface area contributed by atoms with E-state index in [-0.39, 0.29) is 5.69 Å². The Labute approximate surface area is 78.0 Å². The number of fused-ring (bicyclic) bond motifs is 1. The van der Waals surface area contributed by atoms with Crippen LogP contribution in [0.15, 0.2) is 24.4 Å². The average molecular weight is 200 g/mol. The van der Waals surface area contributed by atoms with E-state index in [0.717, 1.165) is 0 Å². The van der Waals surface area contributed by atoms with Crippen LogP contribution in [0.4, 0.5) is 13.2 Å². The summed E-state index contributed by atoms with van der Waals surface area (Å²) in [6.07, 6.45) is -2.82. The summed E-state index contributed by atoms with van der Waals surface area (Å²) in [7, 11) is 0. The number of hydrogen-bond acceptors (Lipinski definition) is 1. The van der Waals surface area contributed by atoms with Gasteiger partial charge in [0.05, 0.1) is 5.69 Å². The molecule has 0 N–H and O–H groups in total. The van der Waals surface area contributed by atoms with Gasteiger partial charge in [-0.15, -0.1) is 0 Å². The minimum absolute atomic E-state index is 0.119. The van der Waals surface area contributed by atoms with Crippen molar-refractivity contribution in [3.8, 4) is 0 Å². The molecule has 2 heterocycles. The molecule has 0 spiro atoms. The van der Waals surface area contributed by atoms with Gasteiger partial charge in [-0.25, -0.2) is 4.98 Å². The van der Waals surface area contributed by atoms with Crippen LogP contribution in [0.5, 0.6) is 0 Å². The van der Waals surface area contributed by atoms with Gasteiger partial charge in [-0.2, -0.15) is 13.2 Å². The van der Waals surface area contributed by atoms with Crippen LogP contribution in [0.3, 0.4) is 0 Å². The van der Waals surface area contributed by atoms with Crippen LogP contribution in [0, 0.1) is 6.92 Å². The smallest absolute Gasteiger partial charge is 0.304 e. The molecule has 14 heavy (non-hydrogen) atoms. The molecule has 0 saturated heterocycles. The molecule has 0 aliphatic heterocycles. The molecule has 2 rings (SSSR count). The van der Waals surface area contributed by atoms with Gasteiger partial charge < -0.3 is 4.40 Å². The number of halogens is 3. The summed E-state index contributed by atoms with van der Waals surface area (Å²) < 4.78 is 38.7. The zero-order valence-corrected chi connectivity index (χ0v) is 7.34. The summed E-state index contributed by atoms with van der Waals surface area (Å²) in [5.74, 6) is 0. The number of rotatable bonds is 0. The van der Waals surface area contributed by atoms with Crippen molar-refractivity contribution in [1.82, 2.24) is 9.38 Å². The molecule has 0 saturated carbocycles. The largest absolute Gasteiger partial charge is 0.435 e. The van der Waals surface area contributed by atoms with Gasteiger partial charge in [-0.1, -0.05) is 6.07 Å². The van der Waals surface area contributed by atoms with Crippen molar-refractivity contribution in [3.63, 3.8) is 0 Å². The summed E-state index contributed by atoms with van der Waals surface area (Å²) in [5.41, 5.74) is -0.380. The van der Waals surface area contributed by atoms with Gasteiger partial charge in [-0.3, -0.25) is 0 Å². The summed E-state index contributed by atoms with van der Waals surface area (Å²) in [5, 5.41) is 0. The van der Waals surface area contributed by atoms with Crippen molar-refractivity contribution in [3.05, 3.63) is 35.8 Å². The normalized spacial score (nSPS) is 12.3. The third-order valence-corrected chi connectivity index (χ3v) is 2.04. The lowest BCUT2D eigenvalue weighted by molar-refractivity contribution is -0.141. The van der Waals surface area contributed by atoms with Crippen molar-refractivity contribution in [1.29, 1.82) is 0 Å². The molecule has 0 aromatic carbocycles. The molecule has 2 nitrogen and oxygen atoms in total. The number of alkyl halides is 3. The lowest BCUT2D eigenvalue weighted by Gasteiger charge is -2.02.